The Labute approximate surface area is 167 Å². The van der Waals surface area contributed by atoms with E-state index in [2.05, 4.69) is 13.2 Å². The van der Waals surface area contributed by atoms with Gasteiger partial charge in [-0.05, 0) is 23.8 Å². The molecular formula is C24H16N2O3. The van der Waals surface area contributed by atoms with Gasteiger partial charge in [0.1, 0.15) is 28.7 Å². The number of cyclic esters (lactones) is 1. The third kappa shape index (κ3) is 3.24. The van der Waals surface area contributed by atoms with E-state index < -0.39 is 5.97 Å². The van der Waals surface area contributed by atoms with Crippen LogP contribution in [0.2, 0.25) is 0 Å². The molecule has 3 aromatic rings. The van der Waals surface area contributed by atoms with Crippen LogP contribution in [0.15, 0.2) is 95.9 Å². The average molecular weight is 380 g/mol. The zero-order valence-corrected chi connectivity index (χ0v) is 15.5. The first-order chi connectivity index (χ1) is 14.1. The van der Waals surface area contributed by atoms with E-state index in [-0.39, 0.29) is 11.3 Å². The number of anilines is 1. The number of carbonyl (C=O) groups excluding carboxylic acids is 1. The van der Waals surface area contributed by atoms with Crippen LogP contribution in [0.25, 0.3) is 22.6 Å². The molecule has 0 atom stereocenters. The van der Waals surface area contributed by atoms with Crippen molar-refractivity contribution in [1.29, 1.82) is 5.26 Å². The van der Waals surface area contributed by atoms with E-state index in [0.29, 0.717) is 16.9 Å². The van der Waals surface area contributed by atoms with Crippen molar-refractivity contribution in [2.45, 2.75) is 0 Å². The second-order valence-corrected chi connectivity index (χ2v) is 6.27. The predicted molar refractivity (Wildman–Crippen MR) is 112 cm³/mol. The molecule has 0 aliphatic carbocycles. The SMILES string of the molecule is C=CN(C=C)c1ccc2cc(/C=C3\OC(=O)C(C#N)=C3c3ccccc3)oc2c1. The summed E-state index contributed by atoms with van der Waals surface area (Å²) in [6, 6.07) is 18.7. The van der Waals surface area contributed by atoms with Crippen LogP contribution in [0.5, 0.6) is 0 Å². The molecule has 2 aromatic carbocycles. The van der Waals surface area contributed by atoms with Crippen molar-refractivity contribution in [3.63, 3.8) is 0 Å². The number of benzene rings is 2. The van der Waals surface area contributed by atoms with Crippen molar-refractivity contribution in [1.82, 2.24) is 0 Å². The first kappa shape index (κ1) is 18.1. The molecule has 0 fully saturated rings. The Balaban J connectivity index is 1.79. The Bertz CT molecular complexity index is 1230. The van der Waals surface area contributed by atoms with Gasteiger partial charge in [-0.2, -0.15) is 5.26 Å². The lowest BCUT2D eigenvalue weighted by Gasteiger charge is -2.13. The molecule has 1 aliphatic heterocycles. The summed E-state index contributed by atoms with van der Waals surface area (Å²) in [7, 11) is 0. The lowest BCUT2D eigenvalue weighted by Crippen LogP contribution is -2.04. The van der Waals surface area contributed by atoms with Crippen LogP contribution in [0.3, 0.4) is 0 Å². The fourth-order valence-electron chi connectivity index (χ4n) is 3.21. The van der Waals surface area contributed by atoms with Gasteiger partial charge in [0.15, 0.2) is 0 Å². The molecule has 0 unspecified atom stereocenters. The van der Waals surface area contributed by atoms with Crippen LogP contribution >= 0.6 is 0 Å². The van der Waals surface area contributed by atoms with Crippen LogP contribution in [0.1, 0.15) is 11.3 Å². The fraction of sp³-hybridized carbons (Fsp3) is 0. The fourth-order valence-corrected chi connectivity index (χ4v) is 3.21. The summed E-state index contributed by atoms with van der Waals surface area (Å²) in [6.45, 7) is 7.51. The van der Waals surface area contributed by atoms with E-state index in [0.717, 1.165) is 16.6 Å². The van der Waals surface area contributed by atoms with E-state index in [1.807, 2.05) is 60.7 Å². The van der Waals surface area contributed by atoms with Gasteiger partial charge in [-0.3, -0.25) is 0 Å². The summed E-state index contributed by atoms with van der Waals surface area (Å²) < 4.78 is 11.3. The third-order valence-corrected chi connectivity index (χ3v) is 4.57. The summed E-state index contributed by atoms with van der Waals surface area (Å²) in [6.07, 6.45) is 4.93. The number of hydrogen-bond acceptors (Lipinski definition) is 5. The second kappa shape index (κ2) is 7.37. The van der Waals surface area contributed by atoms with Crippen LogP contribution < -0.4 is 4.90 Å². The van der Waals surface area contributed by atoms with Gasteiger partial charge >= 0.3 is 5.97 Å². The topological polar surface area (TPSA) is 66.5 Å². The van der Waals surface area contributed by atoms with Crippen LogP contribution in [0, 0.1) is 11.3 Å². The van der Waals surface area contributed by atoms with Gasteiger partial charge in [0.2, 0.25) is 0 Å². The highest BCUT2D eigenvalue weighted by molar-refractivity contribution is 6.11. The largest absolute Gasteiger partial charge is 0.456 e. The van der Waals surface area contributed by atoms with Gasteiger partial charge in [0.05, 0.1) is 0 Å². The molecule has 0 radical (unpaired) electrons. The molecule has 1 aliphatic rings. The lowest BCUT2D eigenvalue weighted by molar-refractivity contribution is -0.132. The number of carbonyl (C=O) groups is 1. The number of ether oxygens (including phenoxy) is 1. The number of nitrogens with zero attached hydrogens (tertiary/aromatic N) is 2. The number of fused-ring (bicyclic) bond motifs is 1. The molecule has 0 spiro atoms. The Morgan fingerprint density at radius 2 is 1.79 bits per heavy atom. The number of esters is 1. The summed E-state index contributed by atoms with van der Waals surface area (Å²) in [5.74, 6) is 0.135. The molecule has 2 heterocycles. The van der Waals surface area contributed by atoms with Crippen LogP contribution in [0.4, 0.5) is 5.69 Å². The lowest BCUT2D eigenvalue weighted by atomic mass is 10.00. The van der Waals surface area contributed by atoms with Gasteiger partial charge in [-0.1, -0.05) is 43.5 Å². The third-order valence-electron chi connectivity index (χ3n) is 4.57. The zero-order valence-electron chi connectivity index (χ0n) is 15.5. The highest BCUT2D eigenvalue weighted by Crippen LogP contribution is 2.36. The summed E-state index contributed by atoms with van der Waals surface area (Å²) in [5, 5.41) is 10.3. The number of rotatable bonds is 5. The van der Waals surface area contributed by atoms with Crippen molar-refractivity contribution < 1.29 is 13.9 Å². The maximum absolute atomic E-state index is 12.1. The molecule has 5 nitrogen and oxygen atoms in total. The van der Waals surface area contributed by atoms with Gasteiger partial charge < -0.3 is 14.1 Å². The maximum Gasteiger partial charge on any atom is 0.355 e. The minimum atomic E-state index is -0.663. The summed E-state index contributed by atoms with van der Waals surface area (Å²) >= 11 is 0. The van der Waals surface area contributed by atoms with Gasteiger partial charge in [0.25, 0.3) is 0 Å². The van der Waals surface area contributed by atoms with Gasteiger partial charge in [0, 0.05) is 41.2 Å². The van der Waals surface area contributed by atoms with E-state index >= 15 is 0 Å². The van der Waals surface area contributed by atoms with E-state index in [9.17, 15) is 10.1 Å². The van der Waals surface area contributed by atoms with E-state index in [4.69, 9.17) is 9.15 Å². The Morgan fingerprint density at radius 1 is 1.03 bits per heavy atom. The van der Waals surface area contributed by atoms with Crippen LogP contribution in [-0.4, -0.2) is 5.97 Å². The molecule has 0 N–H and O–H groups in total. The maximum atomic E-state index is 12.1. The normalized spacial score (nSPS) is 14.7. The summed E-state index contributed by atoms with van der Waals surface area (Å²) in [5.41, 5.74) is 2.70. The van der Waals surface area contributed by atoms with Gasteiger partial charge in [-0.15, -0.1) is 0 Å². The molecule has 5 heteroatoms. The van der Waals surface area contributed by atoms with Crippen molar-refractivity contribution in [3.05, 3.63) is 103 Å². The summed E-state index contributed by atoms with van der Waals surface area (Å²) in [4.78, 5) is 13.9. The van der Waals surface area contributed by atoms with E-state index in [1.54, 1.807) is 23.4 Å². The minimum absolute atomic E-state index is 0.0199. The molecule has 1 aromatic heterocycles. The molecule has 0 saturated heterocycles. The molecule has 4 rings (SSSR count). The van der Waals surface area contributed by atoms with Crippen molar-refractivity contribution in [2.75, 3.05) is 4.90 Å². The molecule has 140 valence electrons. The Kier molecular flexibility index (Phi) is 4.60. The number of furan rings is 1. The van der Waals surface area contributed by atoms with Gasteiger partial charge in [-0.25, -0.2) is 4.79 Å². The molecule has 0 bridgehead atoms. The highest BCUT2D eigenvalue weighted by Gasteiger charge is 2.31. The second-order valence-electron chi connectivity index (χ2n) is 6.27. The molecule has 0 amide bonds. The van der Waals surface area contributed by atoms with Crippen molar-refractivity contribution in [3.8, 4) is 6.07 Å². The number of allylic oxidation sites excluding steroid dienone is 1. The first-order valence-electron chi connectivity index (χ1n) is 8.85. The van der Waals surface area contributed by atoms with Crippen LogP contribution in [-0.2, 0) is 9.53 Å². The number of nitriles is 1. The minimum Gasteiger partial charge on any atom is -0.456 e. The predicted octanol–water partition coefficient (Wildman–Crippen LogP) is 5.40. The molecular weight excluding hydrogens is 364 g/mol. The van der Waals surface area contributed by atoms with Crippen molar-refractivity contribution in [2.24, 2.45) is 0 Å². The Morgan fingerprint density at radius 3 is 2.48 bits per heavy atom. The standard InChI is InChI=1S/C24H16N2O3/c1-3-26(4-2)18-11-10-17-12-19(28-21(17)13-18)14-22-23(16-8-6-5-7-9-16)20(15-25)24(27)29-22/h3-14H,1-2H2/b22-14-. The molecule has 0 saturated carbocycles. The monoisotopic (exact) mass is 380 g/mol. The van der Waals surface area contributed by atoms with Crippen molar-refractivity contribution >= 4 is 34.3 Å². The zero-order chi connectivity index (χ0) is 20.4. The average Bonchev–Trinajstić information content (AvgIpc) is 3.28. The molecule has 29 heavy (non-hydrogen) atoms. The quantitative estimate of drug-likeness (QED) is 0.554. The first-order valence-corrected chi connectivity index (χ1v) is 8.85. The highest BCUT2D eigenvalue weighted by atomic mass is 16.5. The Hall–Kier alpha value is -4.30. The van der Waals surface area contributed by atoms with E-state index in [1.165, 1.54) is 0 Å². The number of hydrogen-bond donors (Lipinski definition) is 0. The smallest absolute Gasteiger partial charge is 0.355 e.